The Labute approximate surface area is 251 Å². The number of aromatic nitrogens is 3. The fraction of sp³-hybridized carbons (Fsp3) is 0.576. The van der Waals surface area contributed by atoms with E-state index in [-0.39, 0.29) is 16.9 Å². The minimum absolute atomic E-state index is 0.0213. The van der Waals surface area contributed by atoms with Crippen molar-refractivity contribution in [2.45, 2.75) is 63.3 Å². The summed E-state index contributed by atoms with van der Waals surface area (Å²) in [6, 6.07) is 14.7. The van der Waals surface area contributed by atoms with E-state index in [0.29, 0.717) is 37.8 Å². The van der Waals surface area contributed by atoms with Gasteiger partial charge in [0, 0.05) is 81.8 Å². The molecule has 3 fully saturated rings. The molecule has 0 radical (unpaired) electrons. The maximum Gasteiger partial charge on any atom is 0.270 e. The van der Waals surface area contributed by atoms with Gasteiger partial charge in [0.15, 0.2) is 5.72 Å². The molecule has 4 aliphatic rings. The zero-order valence-corrected chi connectivity index (χ0v) is 25.4. The van der Waals surface area contributed by atoms with Crippen LogP contribution in [-0.2, 0) is 60.1 Å². The minimum atomic E-state index is -2.98. The smallest absolute Gasteiger partial charge is 0.270 e. The predicted octanol–water partition coefficient (Wildman–Crippen LogP) is 4.96. The molecule has 4 heterocycles. The van der Waals surface area contributed by atoms with Crippen LogP contribution in [0.1, 0.15) is 60.3 Å². The van der Waals surface area contributed by atoms with Gasteiger partial charge in [0.1, 0.15) is 12.4 Å². The van der Waals surface area contributed by atoms with Crippen LogP contribution in [0.25, 0.3) is 0 Å². The zero-order valence-electron chi connectivity index (χ0n) is 25.4. The molecule has 228 valence electrons. The maximum absolute atomic E-state index is 15.2. The van der Waals surface area contributed by atoms with Crippen LogP contribution in [0.4, 0.5) is 14.5 Å². The van der Waals surface area contributed by atoms with Crippen molar-refractivity contribution in [3.05, 3.63) is 70.0 Å². The molecule has 0 N–H and O–H groups in total. The Morgan fingerprint density at radius 1 is 1.19 bits per heavy atom. The molecule has 10 heteroatoms. The molecule has 1 aliphatic carbocycles. The molecule has 3 aromatic rings. The second-order valence-corrected chi connectivity index (χ2v) is 13.4. The van der Waals surface area contributed by atoms with Gasteiger partial charge in [0.2, 0.25) is 0 Å². The lowest BCUT2D eigenvalue weighted by Gasteiger charge is -2.46. The van der Waals surface area contributed by atoms with Gasteiger partial charge in [0.25, 0.3) is 5.92 Å². The molecule has 2 unspecified atom stereocenters. The summed E-state index contributed by atoms with van der Waals surface area (Å²) < 4.78 is 44.4. The highest BCUT2D eigenvalue weighted by atomic mass is 19.3. The van der Waals surface area contributed by atoms with Gasteiger partial charge in [-0.2, -0.15) is 5.26 Å². The van der Waals surface area contributed by atoms with Crippen molar-refractivity contribution in [3.63, 3.8) is 0 Å². The van der Waals surface area contributed by atoms with E-state index in [1.165, 1.54) is 0 Å². The van der Waals surface area contributed by atoms with Crippen LogP contribution in [0.3, 0.4) is 0 Å². The molecule has 2 saturated heterocycles. The first-order chi connectivity index (χ1) is 20.5. The van der Waals surface area contributed by atoms with Gasteiger partial charge in [-0.25, -0.2) is 13.6 Å². The second kappa shape index (κ2) is 10.1. The molecule has 7 rings (SSSR count). The number of anilines is 1. The maximum atomic E-state index is 15.2. The minimum Gasteiger partial charge on any atom is -0.380 e. The van der Waals surface area contributed by atoms with Gasteiger partial charge in [-0.05, 0) is 59.7 Å². The second-order valence-electron chi connectivity index (χ2n) is 13.4. The average molecular weight is 591 g/mol. The van der Waals surface area contributed by atoms with Gasteiger partial charge in [-0.3, -0.25) is 9.58 Å². The van der Waals surface area contributed by atoms with Crippen LogP contribution in [0, 0.1) is 23.2 Å². The summed E-state index contributed by atoms with van der Waals surface area (Å²) in [5, 5.41) is 14.2. The van der Waals surface area contributed by atoms with Gasteiger partial charge in [0.05, 0.1) is 19.3 Å². The van der Waals surface area contributed by atoms with Gasteiger partial charge in [-0.15, -0.1) is 5.10 Å². The molecule has 0 bridgehead atoms. The summed E-state index contributed by atoms with van der Waals surface area (Å²) in [5.41, 5.74) is 3.71. The third kappa shape index (κ3) is 4.86. The Bertz CT molecular complexity index is 1570. The topological polar surface area (TPSA) is 74.8 Å². The first-order valence-electron chi connectivity index (χ1n) is 15.3. The number of nitrogens with zero attached hydrogens (tertiary/aromatic N) is 6. The number of epoxide rings is 1. The number of benzene rings is 2. The van der Waals surface area contributed by atoms with Crippen molar-refractivity contribution in [1.29, 1.82) is 5.26 Å². The molecule has 0 amide bonds. The van der Waals surface area contributed by atoms with Gasteiger partial charge >= 0.3 is 0 Å². The number of rotatable bonds is 7. The quantitative estimate of drug-likeness (QED) is 0.363. The molecular formula is C33H40F2N6O2. The lowest BCUT2D eigenvalue weighted by Crippen LogP contribution is -2.45. The van der Waals surface area contributed by atoms with Crippen LogP contribution in [0.15, 0.2) is 36.4 Å². The first-order valence-corrected chi connectivity index (χ1v) is 15.3. The van der Waals surface area contributed by atoms with Crippen LogP contribution in [0.5, 0.6) is 0 Å². The van der Waals surface area contributed by atoms with E-state index in [9.17, 15) is 5.26 Å². The molecule has 8 nitrogen and oxygen atoms in total. The summed E-state index contributed by atoms with van der Waals surface area (Å²) in [5.74, 6) is -1.56. The van der Waals surface area contributed by atoms with Crippen molar-refractivity contribution < 1.29 is 18.3 Å². The molecule has 2 aromatic carbocycles. The largest absolute Gasteiger partial charge is 0.380 e. The Morgan fingerprint density at radius 2 is 1.98 bits per heavy atom. The van der Waals surface area contributed by atoms with E-state index in [2.05, 4.69) is 52.2 Å². The van der Waals surface area contributed by atoms with Crippen molar-refractivity contribution in [2.24, 2.45) is 25.9 Å². The third-order valence-electron chi connectivity index (χ3n) is 10.1. The highest BCUT2D eigenvalue weighted by molar-refractivity contribution is 5.63. The Hall–Kier alpha value is -3.26. The van der Waals surface area contributed by atoms with Crippen LogP contribution in [0.2, 0.25) is 0 Å². The van der Waals surface area contributed by atoms with Crippen molar-refractivity contribution >= 4 is 5.69 Å². The number of nitriles is 1. The Kier molecular flexibility index (Phi) is 6.73. The summed E-state index contributed by atoms with van der Waals surface area (Å²) >= 11 is 0. The molecule has 43 heavy (non-hydrogen) atoms. The van der Waals surface area contributed by atoms with E-state index < -0.39 is 11.6 Å². The van der Waals surface area contributed by atoms with Crippen LogP contribution >= 0.6 is 0 Å². The number of hydrogen-bond acceptors (Lipinski definition) is 6. The Morgan fingerprint density at radius 3 is 2.65 bits per heavy atom. The SMILES string of the molecule is CC1COCCN(Cc2cc(C(C)(F)F)c3c(c2)C2(CO2)N(c2cccc(C4(Cc5nn(C)n5C)CC(C#N)C4)c2)C3)C1. The zero-order chi connectivity index (χ0) is 30.1. The molecule has 1 saturated carbocycles. The molecule has 3 aliphatic heterocycles. The van der Waals surface area contributed by atoms with Crippen LogP contribution in [-0.4, -0.2) is 52.4 Å². The third-order valence-corrected chi connectivity index (χ3v) is 10.1. The summed E-state index contributed by atoms with van der Waals surface area (Å²) in [6.07, 6.45) is 2.31. The highest BCUT2D eigenvalue weighted by Gasteiger charge is 2.59. The normalized spacial score (nSPS) is 28.9. The van der Waals surface area contributed by atoms with E-state index in [0.717, 1.165) is 74.1 Å². The van der Waals surface area contributed by atoms with Gasteiger partial charge < -0.3 is 14.4 Å². The monoisotopic (exact) mass is 590 g/mol. The Balaban J connectivity index is 1.22. The number of ether oxygens (including phenoxy) is 2. The van der Waals surface area contributed by atoms with Gasteiger partial charge in [-0.1, -0.05) is 19.1 Å². The standard InChI is InChI=1S/C33H40F2N6O2/c1-22-17-40(8-9-42-20-22)18-23-10-28(31(2,34)35)27-19-41(33(21-43-33)29(27)11-23)26-7-5-6-25(12-26)32(13-24(14-32)16-36)15-30-37-39(4)38(30)3/h5-7,10-12,22,24H,8-9,13-15,17-21H2,1-4H3. The van der Waals surface area contributed by atoms with Crippen molar-refractivity contribution in [3.8, 4) is 6.07 Å². The number of fused-ring (bicyclic) bond motifs is 2. The number of aryl methyl sites for hydroxylation is 1. The summed E-state index contributed by atoms with van der Waals surface area (Å²) in [6.45, 7) is 7.64. The van der Waals surface area contributed by atoms with E-state index in [4.69, 9.17) is 9.47 Å². The number of halogens is 2. The van der Waals surface area contributed by atoms with Crippen molar-refractivity contribution in [2.75, 3.05) is 37.8 Å². The van der Waals surface area contributed by atoms with E-state index in [1.54, 1.807) is 6.07 Å². The number of hydrogen-bond donors (Lipinski definition) is 0. The predicted molar refractivity (Wildman–Crippen MR) is 157 cm³/mol. The lowest BCUT2D eigenvalue weighted by molar-refractivity contribution is 0.0164. The van der Waals surface area contributed by atoms with Crippen molar-refractivity contribution in [1.82, 2.24) is 19.5 Å². The highest BCUT2D eigenvalue weighted by Crippen LogP contribution is 2.55. The average Bonchev–Trinajstić information content (AvgIpc) is 3.72. The summed E-state index contributed by atoms with van der Waals surface area (Å²) in [4.78, 5) is 6.28. The fourth-order valence-electron chi connectivity index (χ4n) is 7.65. The van der Waals surface area contributed by atoms with E-state index >= 15 is 8.78 Å². The van der Waals surface area contributed by atoms with Crippen LogP contribution < -0.4 is 4.90 Å². The fourth-order valence-corrected chi connectivity index (χ4v) is 7.65. The summed E-state index contributed by atoms with van der Waals surface area (Å²) in [7, 11) is 3.91. The molecule has 1 spiro atoms. The lowest BCUT2D eigenvalue weighted by atomic mass is 9.57. The molecule has 2 atom stereocenters. The number of alkyl halides is 2. The molecular weight excluding hydrogens is 550 g/mol. The molecule has 1 aromatic heterocycles. The first kappa shape index (κ1) is 28.5. The van der Waals surface area contributed by atoms with E-state index in [1.807, 2.05) is 29.6 Å².